The molecule has 0 fully saturated rings. The van der Waals surface area contributed by atoms with Gasteiger partial charge in [0.2, 0.25) is 0 Å². The predicted octanol–water partition coefficient (Wildman–Crippen LogP) is -5.57. The van der Waals surface area contributed by atoms with Crippen LogP contribution >= 0.6 is 0 Å². The number of hydrogen-bond acceptors (Lipinski definition) is 12. The van der Waals surface area contributed by atoms with Crippen molar-refractivity contribution in [3.63, 3.8) is 0 Å². The maximum Gasteiger partial charge on any atom is 1.00 e. The third-order valence-electron chi connectivity index (χ3n) is 5.54. The number of carboxylic acid groups (broad SMARTS) is 1. The van der Waals surface area contributed by atoms with Crippen LogP contribution in [0.5, 0.6) is 0 Å². The first kappa shape index (κ1) is 33.9. The SMILES string of the molecule is N=c1ccc2c(-c3cc(C(=O)NCN)ccc3C(=O)O)c3ccc(N)c(S(=O)(=O)[O-])c3oc-2c1S(=O)(=O)[O-].[Na+].[Na+]. The summed E-state index contributed by atoms with van der Waals surface area (Å²) >= 11 is 0. The number of nitrogen functional groups attached to an aromatic ring is 1. The fraction of sp³-hybridized carbons (Fsp3) is 0.0455. The van der Waals surface area contributed by atoms with Crippen molar-refractivity contribution in [2.75, 3.05) is 12.4 Å². The number of nitrogens with two attached hydrogens (primary N) is 2. The Balaban J connectivity index is 0.00000280. The minimum atomic E-state index is -5.43. The summed E-state index contributed by atoms with van der Waals surface area (Å²) in [5.41, 5.74) is 8.51. The Hall–Kier alpha value is -2.35. The van der Waals surface area contributed by atoms with Gasteiger partial charge in [0.25, 0.3) is 5.91 Å². The van der Waals surface area contributed by atoms with Gasteiger partial charge in [-0.25, -0.2) is 21.6 Å². The van der Waals surface area contributed by atoms with Crippen molar-refractivity contribution in [2.45, 2.75) is 9.79 Å². The molecule has 2 aliphatic rings. The third kappa shape index (κ3) is 6.12. The van der Waals surface area contributed by atoms with E-state index in [9.17, 15) is 40.6 Å². The van der Waals surface area contributed by atoms with Crippen LogP contribution in [0.4, 0.5) is 5.69 Å². The van der Waals surface area contributed by atoms with Gasteiger partial charge < -0.3 is 35.4 Å². The number of fused-ring (bicyclic) bond motifs is 2. The number of carbonyl (C=O) groups is 2. The van der Waals surface area contributed by atoms with E-state index in [0.29, 0.717) is 0 Å². The summed E-state index contributed by atoms with van der Waals surface area (Å²) in [6, 6.07) is 7.67. The van der Waals surface area contributed by atoms with Crippen LogP contribution in [-0.2, 0) is 20.2 Å². The van der Waals surface area contributed by atoms with Gasteiger partial charge in [0.15, 0.2) is 11.3 Å². The number of hydrogen-bond donors (Lipinski definition) is 5. The normalized spacial score (nSPS) is 11.5. The number of carbonyl (C=O) groups excluding carboxylic acids is 1. The van der Waals surface area contributed by atoms with Crippen molar-refractivity contribution in [3.05, 3.63) is 58.9 Å². The largest absolute Gasteiger partial charge is 1.00 e. The smallest absolute Gasteiger partial charge is 0.744 e. The average molecular weight is 607 g/mol. The molecule has 0 radical (unpaired) electrons. The molecule has 1 aliphatic carbocycles. The van der Waals surface area contributed by atoms with Crippen LogP contribution in [0.3, 0.4) is 0 Å². The van der Waals surface area contributed by atoms with E-state index in [-0.39, 0.29) is 93.4 Å². The number of anilines is 1. The van der Waals surface area contributed by atoms with Crippen molar-refractivity contribution < 1.29 is 104 Å². The molecule has 0 saturated carbocycles. The summed E-state index contributed by atoms with van der Waals surface area (Å²) in [6.45, 7) is -0.258. The fourth-order valence-electron chi connectivity index (χ4n) is 4.05. The number of aromatic carboxylic acids is 1. The Morgan fingerprint density at radius 3 is 2.12 bits per heavy atom. The Morgan fingerprint density at radius 1 is 0.950 bits per heavy atom. The molecule has 0 bridgehead atoms. The summed E-state index contributed by atoms with van der Waals surface area (Å²) in [5, 5.41) is 19.1. The molecule has 18 heteroatoms. The van der Waals surface area contributed by atoms with E-state index in [0.717, 1.165) is 30.3 Å². The Labute approximate surface area is 270 Å². The van der Waals surface area contributed by atoms with Crippen LogP contribution in [0.25, 0.3) is 33.4 Å². The van der Waals surface area contributed by atoms with Crippen LogP contribution in [0, 0.1) is 5.41 Å². The minimum Gasteiger partial charge on any atom is -0.744 e. The monoisotopic (exact) mass is 606 g/mol. The number of benzene rings is 3. The van der Waals surface area contributed by atoms with Gasteiger partial charge in [-0.3, -0.25) is 10.2 Å². The standard InChI is InChI=1S/C22H18N4O10S2.2Na/c23-8-26-21(27)9-1-2-10(22(28)29)13(7-9)16-11-3-5-14(24)19(37(30,31)32)17(11)36-18-12(16)4-6-15(25)20(18)38(33,34)35;;/h1-7,24H,8,23,25H2,(H,26,27)(H,28,29)(H,30,31,32)(H,33,34,35);;/q;2*+1/p-2. The zero-order valence-electron chi connectivity index (χ0n) is 20.8. The van der Waals surface area contributed by atoms with Gasteiger partial charge in [-0.15, -0.1) is 0 Å². The Morgan fingerprint density at radius 2 is 1.57 bits per heavy atom. The zero-order valence-corrected chi connectivity index (χ0v) is 26.5. The first-order chi connectivity index (χ1) is 17.7. The summed E-state index contributed by atoms with van der Waals surface area (Å²) in [7, 11) is -10.8. The molecule has 0 unspecified atom stereocenters. The van der Waals surface area contributed by atoms with E-state index < -0.39 is 69.9 Å². The maximum absolute atomic E-state index is 12.5. The van der Waals surface area contributed by atoms with Gasteiger partial charge in [-0.1, -0.05) is 0 Å². The van der Waals surface area contributed by atoms with Gasteiger partial charge in [0.05, 0.1) is 23.3 Å². The van der Waals surface area contributed by atoms with Crippen molar-refractivity contribution in [3.8, 4) is 22.5 Å². The molecule has 40 heavy (non-hydrogen) atoms. The average Bonchev–Trinajstić information content (AvgIpc) is 2.80. The number of nitrogens with one attached hydrogen (secondary N) is 2. The minimum absolute atomic E-state index is 0. The second-order valence-electron chi connectivity index (χ2n) is 7.84. The number of carboxylic acids is 1. The quantitative estimate of drug-likeness (QED) is 0.0452. The van der Waals surface area contributed by atoms with Gasteiger partial charge in [0.1, 0.15) is 30.0 Å². The van der Waals surface area contributed by atoms with Crippen molar-refractivity contribution >= 4 is 48.8 Å². The van der Waals surface area contributed by atoms with Crippen molar-refractivity contribution in [1.29, 1.82) is 5.41 Å². The van der Waals surface area contributed by atoms with Crippen molar-refractivity contribution in [1.82, 2.24) is 5.32 Å². The molecule has 1 heterocycles. The molecular formula is C22H16N4Na2O10S2. The Bertz CT molecular complexity index is 1930. The van der Waals surface area contributed by atoms with Crippen LogP contribution in [0.2, 0.25) is 0 Å². The summed E-state index contributed by atoms with van der Waals surface area (Å²) in [6.07, 6.45) is 0. The van der Waals surface area contributed by atoms with Crippen LogP contribution in [-0.4, -0.2) is 49.6 Å². The molecule has 1 aliphatic heterocycles. The molecule has 0 atom stereocenters. The van der Waals surface area contributed by atoms with E-state index in [2.05, 4.69) is 5.32 Å². The van der Waals surface area contributed by atoms with Gasteiger partial charge in [-0.2, -0.15) is 0 Å². The van der Waals surface area contributed by atoms with E-state index in [4.69, 9.17) is 21.3 Å². The van der Waals surface area contributed by atoms with E-state index in [1.165, 1.54) is 12.1 Å². The molecule has 198 valence electrons. The molecule has 14 nitrogen and oxygen atoms in total. The fourth-order valence-corrected chi connectivity index (χ4v) is 5.51. The molecule has 2 aromatic carbocycles. The van der Waals surface area contributed by atoms with Crippen LogP contribution < -0.4 is 81.3 Å². The maximum atomic E-state index is 12.5. The van der Waals surface area contributed by atoms with Gasteiger partial charge >= 0.3 is 65.1 Å². The summed E-state index contributed by atoms with van der Waals surface area (Å²) < 4.78 is 78.1. The molecular weight excluding hydrogens is 590 g/mol. The van der Waals surface area contributed by atoms with E-state index in [1.54, 1.807) is 0 Å². The van der Waals surface area contributed by atoms with Gasteiger partial charge in [-0.05, 0) is 48.0 Å². The van der Waals surface area contributed by atoms with Crippen LogP contribution in [0.15, 0.2) is 56.7 Å². The molecule has 7 N–H and O–H groups in total. The summed E-state index contributed by atoms with van der Waals surface area (Å²) in [4.78, 5) is 22.3. The number of rotatable bonds is 6. The third-order valence-corrected chi connectivity index (χ3v) is 7.37. The predicted molar refractivity (Wildman–Crippen MR) is 128 cm³/mol. The zero-order chi connectivity index (χ0) is 28.2. The van der Waals surface area contributed by atoms with E-state index >= 15 is 0 Å². The van der Waals surface area contributed by atoms with E-state index in [1.807, 2.05) is 0 Å². The second kappa shape index (κ2) is 12.3. The molecule has 1 amide bonds. The molecule has 0 aromatic heterocycles. The molecule has 4 rings (SSSR count). The first-order valence-electron chi connectivity index (χ1n) is 10.3. The molecule has 0 saturated heterocycles. The molecule has 0 spiro atoms. The Kier molecular flexibility index (Phi) is 10.4. The number of amides is 1. The topological polar surface area (TPSA) is 270 Å². The first-order valence-corrected chi connectivity index (χ1v) is 13.1. The summed E-state index contributed by atoms with van der Waals surface area (Å²) in [5.74, 6) is -3.02. The van der Waals surface area contributed by atoms with Crippen molar-refractivity contribution in [2.24, 2.45) is 5.73 Å². The van der Waals surface area contributed by atoms with Gasteiger partial charge in [0, 0.05) is 22.1 Å². The second-order valence-corrected chi connectivity index (χ2v) is 10.5. The van der Waals surface area contributed by atoms with Crippen LogP contribution in [0.1, 0.15) is 20.7 Å². The molecule has 2 aromatic rings.